The van der Waals surface area contributed by atoms with Crippen LogP contribution in [0.3, 0.4) is 0 Å². The van der Waals surface area contributed by atoms with E-state index >= 15 is 0 Å². The lowest BCUT2D eigenvalue weighted by Crippen LogP contribution is -2.20. The smallest absolute Gasteiger partial charge is 0.276 e. The van der Waals surface area contributed by atoms with E-state index in [9.17, 15) is 18.6 Å². The van der Waals surface area contributed by atoms with Gasteiger partial charge in [0.1, 0.15) is 11.5 Å². The molecule has 0 unspecified atom stereocenters. The molecule has 3 N–H and O–H groups in total. The maximum Gasteiger partial charge on any atom is 0.276 e. The van der Waals surface area contributed by atoms with Crippen molar-refractivity contribution in [2.45, 2.75) is 38.0 Å². The maximum atomic E-state index is 12.3. The van der Waals surface area contributed by atoms with Gasteiger partial charge in [0.25, 0.3) is 10.0 Å². The fourth-order valence-corrected chi connectivity index (χ4v) is 3.20. The molecule has 6 nitrogen and oxygen atoms in total. The minimum absolute atomic E-state index is 0.0809. The molecule has 7 heteroatoms. The molecule has 0 fully saturated rings. The average molecular weight is 362 g/mol. The zero-order chi connectivity index (χ0) is 18.6. The van der Waals surface area contributed by atoms with Crippen LogP contribution >= 0.6 is 0 Å². The second kappa shape index (κ2) is 7.57. The fourth-order valence-electron chi connectivity index (χ4n) is 2.35. The lowest BCUT2D eigenvalue weighted by atomic mass is 9.99. The van der Waals surface area contributed by atoms with Crippen LogP contribution in [0, 0.1) is 0 Å². The molecular weight excluding hydrogens is 340 g/mol. The first kappa shape index (κ1) is 18.8. The zero-order valence-electron chi connectivity index (χ0n) is 14.4. The molecule has 25 heavy (non-hydrogen) atoms. The first-order valence-electron chi connectivity index (χ1n) is 7.93. The Morgan fingerprint density at radius 3 is 2.20 bits per heavy atom. The number of hydrogen-bond acceptors (Lipinski definition) is 5. The van der Waals surface area contributed by atoms with Gasteiger partial charge in [-0.25, -0.2) is 0 Å². The van der Waals surface area contributed by atoms with Gasteiger partial charge in [-0.3, -0.25) is 0 Å². The third-order valence-electron chi connectivity index (χ3n) is 4.09. The largest absolute Gasteiger partial charge is 0.507 e. The highest BCUT2D eigenvalue weighted by Gasteiger charge is 2.15. The predicted molar refractivity (Wildman–Crippen MR) is 97.5 cm³/mol. The van der Waals surface area contributed by atoms with Crippen LogP contribution in [0.25, 0.3) is 0 Å². The molecule has 0 aliphatic rings. The number of nitrogens with zero attached hydrogens (tertiary/aromatic N) is 1. The maximum absolute atomic E-state index is 12.3. The molecule has 134 valence electrons. The van der Waals surface area contributed by atoms with Gasteiger partial charge in [-0.05, 0) is 49.1 Å². The van der Waals surface area contributed by atoms with E-state index in [0.29, 0.717) is 5.92 Å². The number of aromatic hydroxyl groups is 2. The Kier molecular flexibility index (Phi) is 5.69. The topological polar surface area (TPSA) is 99.0 Å². The minimum Gasteiger partial charge on any atom is -0.507 e. The van der Waals surface area contributed by atoms with Gasteiger partial charge in [0.05, 0.1) is 16.2 Å². The Bertz CT molecular complexity index is 854. The van der Waals surface area contributed by atoms with E-state index in [0.717, 1.165) is 12.0 Å². The standard InChI is InChI=1S/C18H22N2O4S/c1-4-12(2)14-8-10-15(11-9-14)25(23,24)20-19-13(3)18-16(21)6-5-7-17(18)22/h5-12,20-22H,4H2,1-3H3/b19-13-/t12-/m0/s1. The van der Waals surface area contributed by atoms with Crippen molar-refractivity contribution in [1.82, 2.24) is 4.83 Å². The lowest BCUT2D eigenvalue weighted by molar-refractivity contribution is 0.448. The fraction of sp³-hybridized carbons (Fsp3) is 0.278. The van der Waals surface area contributed by atoms with Gasteiger partial charge in [-0.1, -0.05) is 32.0 Å². The van der Waals surface area contributed by atoms with Gasteiger partial charge in [-0.2, -0.15) is 18.4 Å². The van der Waals surface area contributed by atoms with E-state index in [1.54, 1.807) is 12.1 Å². The van der Waals surface area contributed by atoms with Crippen LogP contribution in [0.5, 0.6) is 11.5 Å². The Morgan fingerprint density at radius 2 is 1.68 bits per heavy atom. The summed E-state index contributed by atoms with van der Waals surface area (Å²) in [7, 11) is -3.84. The number of phenols is 2. The third kappa shape index (κ3) is 4.30. The van der Waals surface area contributed by atoms with Crippen molar-refractivity contribution in [2.75, 3.05) is 0 Å². The van der Waals surface area contributed by atoms with Crippen LogP contribution in [0.15, 0.2) is 52.5 Å². The number of nitrogens with one attached hydrogen (secondary N) is 1. The van der Waals surface area contributed by atoms with Gasteiger partial charge in [0.15, 0.2) is 0 Å². The van der Waals surface area contributed by atoms with Crippen molar-refractivity contribution in [3.8, 4) is 11.5 Å². The van der Waals surface area contributed by atoms with Gasteiger partial charge in [-0.15, -0.1) is 0 Å². The molecule has 0 radical (unpaired) electrons. The van der Waals surface area contributed by atoms with Crippen LogP contribution in [-0.2, 0) is 10.0 Å². The van der Waals surface area contributed by atoms with Crippen molar-refractivity contribution >= 4 is 15.7 Å². The summed E-state index contributed by atoms with van der Waals surface area (Å²) in [6.45, 7) is 5.64. The molecule has 2 aromatic rings. The molecule has 0 bridgehead atoms. The SMILES string of the molecule is CC[C@H](C)c1ccc(S(=O)(=O)N/N=C(/C)c2c(O)cccc2O)cc1. The first-order chi connectivity index (χ1) is 11.8. The predicted octanol–water partition coefficient (Wildman–Crippen LogP) is 3.31. The summed E-state index contributed by atoms with van der Waals surface area (Å²) in [6.07, 6.45) is 0.970. The van der Waals surface area contributed by atoms with E-state index < -0.39 is 10.0 Å². The summed E-state index contributed by atoms with van der Waals surface area (Å²) in [5.74, 6) is -0.00859. The Morgan fingerprint density at radius 1 is 1.12 bits per heavy atom. The highest BCUT2D eigenvalue weighted by molar-refractivity contribution is 7.89. The van der Waals surface area contributed by atoms with E-state index in [1.807, 2.05) is 0 Å². The number of rotatable bonds is 6. The van der Waals surface area contributed by atoms with Gasteiger partial charge >= 0.3 is 0 Å². The van der Waals surface area contributed by atoms with Crippen molar-refractivity contribution in [3.05, 3.63) is 53.6 Å². The number of hydrogen-bond donors (Lipinski definition) is 3. The molecule has 2 rings (SSSR count). The minimum atomic E-state index is -3.84. The molecule has 2 aromatic carbocycles. The molecule has 1 atom stereocenters. The molecule has 0 aliphatic carbocycles. The second-order valence-electron chi connectivity index (χ2n) is 5.84. The van der Waals surface area contributed by atoms with Crippen LogP contribution in [0.1, 0.15) is 44.2 Å². The normalized spacial score (nSPS) is 13.5. The zero-order valence-corrected chi connectivity index (χ0v) is 15.2. The third-order valence-corrected chi connectivity index (χ3v) is 5.31. The van der Waals surface area contributed by atoms with Crippen LogP contribution in [-0.4, -0.2) is 24.3 Å². The van der Waals surface area contributed by atoms with Gasteiger partial charge in [0.2, 0.25) is 0 Å². The summed E-state index contributed by atoms with van der Waals surface area (Å²) >= 11 is 0. The molecule has 0 amide bonds. The monoisotopic (exact) mass is 362 g/mol. The second-order valence-corrected chi connectivity index (χ2v) is 7.50. The van der Waals surface area contributed by atoms with Crippen LogP contribution in [0.4, 0.5) is 0 Å². The van der Waals surface area contributed by atoms with Gasteiger partial charge in [0, 0.05) is 0 Å². The van der Waals surface area contributed by atoms with Crippen molar-refractivity contribution < 1.29 is 18.6 Å². The molecule has 0 spiro atoms. The molecular formula is C18H22N2O4S. The number of sulfonamides is 1. The van der Waals surface area contributed by atoms with E-state index in [4.69, 9.17) is 0 Å². The average Bonchev–Trinajstić information content (AvgIpc) is 2.59. The number of phenolic OH excluding ortho intramolecular Hbond substituents is 2. The molecule has 0 aliphatic heterocycles. The number of benzene rings is 2. The summed E-state index contributed by atoms with van der Waals surface area (Å²) in [6, 6.07) is 10.9. The van der Waals surface area contributed by atoms with E-state index in [2.05, 4.69) is 23.8 Å². The molecule has 0 saturated heterocycles. The Balaban J connectivity index is 2.24. The quantitative estimate of drug-likeness (QED) is 0.542. The highest BCUT2D eigenvalue weighted by atomic mass is 32.2. The van der Waals surface area contributed by atoms with Gasteiger partial charge < -0.3 is 10.2 Å². The van der Waals surface area contributed by atoms with Crippen LogP contribution < -0.4 is 4.83 Å². The van der Waals surface area contributed by atoms with Crippen LogP contribution in [0.2, 0.25) is 0 Å². The van der Waals surface area contributed by atoms with E-state index in [1.165, 1.54) is 37.3 Å². The molecule has 0 heterocycles. The van der Waals surface area contributed by atoms with Crippen molar-refractivity contribution in [2.24, 2.45) is 5.10 Å². The summed E-state index contributed by atoms with van der Waals surface area (Å²) in [4.78, 5) is 2.22. The Labute approximate surface area is 147 Å². The first-order valence-corrected chi connectivity index (χ1v) is 9.42. The van der Waals surface area contributed by atoms with E-state index in [-0.39, 0.29) is 27.7 Å². The van der Waals surface area contributed by atoms with Crippen molar-refractivity contribution in [3.63, 3.8) is 0 Å². The Hall–Kier alpha value is -2.54. The molecule has 0 saturated carbocycles. The molecule has 0 aromatic heterocycles. The number of hydrazone groups is 1. The summed E-state index contributed by atoms with van der Waals surface area (Å²) < 4.78 is 24.7. The summed E-state index contributed by atoms with van der Waals surface area (Å²) in [5.41, 5.74) is 1.30. The summed E-state index contributed by atoms with van der Waals surface area (Å²) in [5, 5.41) is 23.4. The lowest BCUT2D eigenvalue weighted by Gasteiger charge is -2.10. The highest BCUT2D eigenvalue weighted by Crippen LogP contribution is 2.27. The van der Waals surface area contributed by atoms with Crippen molar-refractivity contribution in [1.29, 1.82) is 0 Å².